The summed E-state index contributed by atoms with van der Waals surface area (Å²) in [5.74, 6) is -0.475. The lowest BCUT2D eigenvalue weighted by atomic mass is 10.1. The van der Waals surface area contributed by atoms with Gasteiger partial charge in [0.15, 0.2) is 9.84 Å². The van der Waals surface area contributed by atoms with Gasteiger partial charge in [0.25, 0.3) is 5.69 Å². The number of hydrogen-bond acceptors (Lipinski definition) is 6. The Morgan fingerprint density at radius 1 is 1.39 bits per heavy atom. The summed E-state index contributed by atoms with van der Waals surface area (Å²) >= 11 is 0. The number of nitrogens with zero attached hydrogens (tertiary/aromatic N) is 2. The van der Waals surface area contributed by atoms with Crippen LogP contribution in [0.5, 0.6) is 0 Å². The third-order valence-electron chi connectivity index (χ3n) is 2.33. The van der Waals surface area contributed by atoms with E-state index in [1.54, 1.807) is 0 Å². The molecule has 0 atom stereocenters. The van der Waals surface area contributed by atoms with E-state index in [1.807, 2.05) is 0 Å². The van der Waals surface area contributed by atoms with E-state index in [0.29, 0.717) is 5.56 Å². The molecular weight excluding hydrogens is 260 g/mol. The van der Waals surface area contributed by atoms with Crippen molar-refractivity contribution in [3.63, 3.8) is 0 Å². The smallest absolute Gasteiger partial charge is 0.269 e. The van der Waals surface area contributed by atoms with Gasteiger partial charge < -0.3 is 5.21 Å². The molecule has 0 bridgehead atoms. The van der Waals surface area contributed by atoms with Crippen LogP contribution in [-0.4, -0.2) is 35.8 Å². The third-order valence-corrected chi connectivity index (χ3v) is 3.92. The van der Waals surface area contributed by atoms with Crippen molar-refractivity contribution >= 4 is 21.2 Å². The van der Waals surface area contributed by atoms with Gasteiger partial charge in [0.2, 0.25) is 0 Å². The molecule has 0 radical (unpaired) electrons. The summed E-state index contributed by atoms with van der Waals surface area (Å²) in [7, 11) is -3.33. The van der Waals surface area contributed by atoms with E-state index in [-0.39, 0.29) is 17.2 Å². The summed E-state index contributed by atoms with van der Waals surface area (Å²) < 4.78 is 22.8. The minimum atomic E-state index is -3.33. The molecule has 0 aliphatic rings. The molecule has 1 aromatic rings. The Kier molecular flexibility index (Phi) is 4.38. The topological polar surface area (TPSA) is 110 Å². The van der Waals surface area contributed by atoms with Crippen LogP contribution in [0.1, 0.15) is 12.5 Å². The first-order chi connectivity index (χ1) is 8.39. The second-order valence-corrected chi connectivity index (χ2v) is 5.88. The van der Waals surface area contributed by atoms with Crippen LogP contribution in [0, 0.1) is 10.1 Å². The van der Waals surface area contributed by atoms with Crippen molar-refractivity contribution in [3.05, 3.63) is 39.9 Å². The number of sulfone groups is 1. The van der Waals surface area contributed by atoms with Crippen LogP contribution in [-0.2, 0) is 9.84 Å². The minimum absolute atomic E-state index is 0.0354. The zero-order valence-corrected chi connectivity index (χ0v) is 10.4. The molecule has 0 fully saturated rings. The van der Waals surface area contributed by atoms with E-state index >= 15 is 0 Å². The van der Waals surface area contributed by atoms with Gasteiger partial charge in [-0.1, -0.05) is 12.1 Å². The first-order valence-electron chi connectivity index (χ1n) is 5.06. The summed E-state index contributed by atoms with van der Waals surface area (Å²) in [5.41, 5.74) is 0.182. The molecule has 7 nitrogen and oxygen atoms in total. The van der Waals surface area contributed by atoms with E-state index in [1.165, 1.54) is 31.2 Å². The molecular formula is C10H12N2O5S. The largest absolute Gasteiger partial charge is 0.411 e. The normalized spacial score (nSPS) is 12.4. The van der Waals surface area contributed by atoms with Crippen molar-refractivity contribution in [3.8, 4) is 0 Å². The summed E-state index contributed by atoms with van der Waals surface area (Å²) in [5, 5.41) is 22.2. The molecule has 18 heavy (non-hydrogen) atoms. The Morgan fingerprint density at radius 3 is 2.33 bits per heavy atom. The fourth-order valence-corrected chi connectivity index (χ4v) is 2.10. The zero-order chi connectivity index (χ0) is 13.8. The lowest BCUT2D eigenvalue weighted by molar-refractivity contribution is -0.384. The fourth-order valence-electron chi connectivity index (χ4n) is 1.26. The average Bonchev–Trinajstić information content (AvgIpc) is 2.36. The van der Waals surface area contributed by atoms with Gasteiger partial charge in [0, 0.05) is 23.4 Å². The molecule has 0 aliphatic carbocycles. The van der Waals surface area contributed by atoms with Crippen LogP contribution in [0.15, 0.2) is 29.4 Å². The molecule has 1 rings (SSSR count). The highest BCUT2D eigenvalue weighted by atomic mass is 32.2. The van der Waals surface area contributed by atoms with Gasteiger partial charge in [-0.05, 0) is 12.1 Å². The van der Waals surface area contributed by atoms with Crippen LogP contribution in [0.2, 0.25) is 0 Å². The van der Waals surface area contributed by atoms with Crippen LogP contribution in [0.3, 0.4) is 0 Å². The maximum absolute atomic E-state index is 11.4. The van der Waals surface area contributed by atoms with Crippen molar-refractivity contribution in [1.82, 2.24) is 0 Å². The summed E-state index contributed by atoms with van der Waals surface area (Å²) in [6.07, 6.45) is 0. The summed E-state index contributed by atoms with van der Waals surface area (Å²) in [4.78, 5) is 9.89. The number of rotatable bonds is 5. The number of benzene rings is 1. The number of oxime groups is 1. The average molecular weight is 272 g/mol. The Hall–Kier alpha value is -1.96. The Morgan fingerprint density at radius 2 is 1.94 bits per heavy atom. The minimum Gasteiger partial charge on any atom is -0.411 e. The van der Waals surface area contributed by atoms with E-state index in [9.17, 15) is 18.5 Å². The van der Waals surface area contributed by atoms with Gasteiger partial charge in [-0.3, -0.25) is 10.1 Å². The van der Waals surface area contributed by atoms with Gasteiger partial charge in [-0.2, -0.15) is 0 Å². The molecule has 0 spiro atoms. The quantitative estimate of drug-likeness (QED) is 0.375. The van der Waals surface area contributed by atoms with E-state index in [2.05, 4.69) is 5.16 Å². The molecule has 0 aromatic heterocycles. The van der Waals surface area contributed by atoms with E-state index in [0.717, 1.165) is 0 Å². The molecule has 0 heterocycles. The monoisotopic (exact) mass is 272 g/mol. The standard InChI is InChI=1S/C10H12N2O5S/c1-2-18(16,17)7-10(11-13)8-3-5-9(6-4-8)12(14)15/h3-6,13H,2,7H2,1H3/b11-10-. The van der Waals surface area contributed by atoms with E-state index < -0.39 is 20.5 Å². The van der Waals surface area contributed by atoms with Crippen LogP contribution in [0.25, 0.3) is 0 Å². The summed E-state index contributed by atoms with van der Waals surface area (Å²) in [6, 6.07) is 5.13. The van der Waals surface area contributed by atoms with E-state index in [4.69, 9.17) is 5.21 Å². The molecule has 8 heteroatoms. The Labute approximate surface area is 104 Å². The van der Waals surface area contributed by atoms with Crippen LogP contribution >= 0.6 is 0 Å². The molecule has 0 unspecified atom stereocenters. The number of non-ortho nitro benzene ring substituents is 1. The first-order valence-corrected chi connectivity index (χ1v) is 6.88. The molecule has 98 valence electrons. The third kappa shape index (κ3) is 3.52. The lowest BCUT2D eigenvalue weighted by Gasteiger charge is -2.04. The number of hydrogen-bond donors (Lipinski definition) is 1. The highest BCUT2D eigenvalue weighted by Crippen LogP contribution is 2.13. The molecule has 0 aliphatic heterocycles. The molecule has 0 saturated carbocycles. The predicted molar refractivity (Wildman–Crippen MR) is 65.7 cm³/mol. The van der Waals surface area contributed by atoms with Crippen molar-refractivity contribution in [1.29, 1.82) is 0 Å². The van der Waals surface area contributed by atoms with Gasteiger partial charge in [-0.25, -0.2) is 8.42 Å². The van der Waals surface area contributed by atoms with Crippen molar-refractivity contribution in [2.75, 3.05) is 11.5 Å². The van der Waals surface area contributed by atoms with Crippen LogP contribution < -0.4 is 0 Å². The van der Waals surface area contributed by atoms with Crippen LogP contribution in [0.4, 0.5) is 5.69 Å². The highest BCUT2D eigenvalue weighted by molar-refractivity contribution is 7.92. The van der Waals surface area contributed by atoms with Gasteiger partial charge >= 0.3 is 0 Å². The molecule has 0 saturated heterocycles. The van der Waals surface area contributed by atoms with Crippen molar-refractivity contribution < 1.29 is 18.5 Å². The fraction of sp³-hybridized carbons (Fsp3) is 0.300. The Bertz CT molecular complexity index is 562. The van der Waals surface area contributed by atoms with Gasteiger partial charge in [0.05, 0.1) is 10.7 Å². The second kappa shape index (κ2) is 5.58. The zero-order valence-electron chi connectivity index (χ0n) is 9.61. The summed E-state index contributed by atoms with van der Waals surface area (Å²) in [6.45, 7) is 1.49. The van der Waals surface area contributed by atoms with Crippen molar-refractivity contribution in [2.24, 2.45) is 5.16 Å². The maximum Gasteiger partial charge on any atom is 0.269 e. The van der Waals surface area contributed by atoms with Gasteiger partial charge in [0.1, 0.15) is 5.71 Å². The Balaban J connectivity index is 3.01. The first kappa shape index (κ1) is 14.1. The second-order valence-electron chi connectivity index (χ2n) is 3.53. The SMILES string of the molecule is CCS(=O)(=O)C/C(=N/O)c1ccc([N+](=O)[O-])cc1. The van der Waals surface area contributed by atoms with Crippen molar-refractivity contribution in [2.45, 2.75) is 6.92 Å². The molecule has 1 aromatic carbocycles. The number of nitro benzene ring substituents is 1. The lowest BCUT2D eigenvalue weighted by Crippen LogP contribution is -2.18. The molecule has 0 amide bonds. The highest BCUT2D eigenvalue weighted by Gasteiger charge is 2.16. The van der Waals surface area contributed by atoms with Gasteiger partial charge in [-0.15, -0.1) is 0 Å². The molecule has 1 N–H and O–H groups in total. The maximum atomic E-state index is 11.4. The predicted octanol–water partition coefficient (Wildman–Crippen LogP) is 1.21. The number of nitro groups is 1.